The Morgan fingerprint density at radius 2 is 1.85 bits per heavy atom. The topological polar surface area (TPSA) is 32.3 Å². The lowest BCUT2D eigenvalue weighted by Crippen LogP contribution is -2.37. The lowest BCUT2D eigenvalue weighted by Gasteiger charge is -2.25. The molecule has 110 valence electrons. The second-order valence-electron chi connectivity index (χ2n) is 6.14. The lowest BCUT2D eigenvalue weighted by molar-refractivity contribution is -0.122. The van der Waals surface area contributed by atoms with Gasteiger partial charge >= 0.3 is 0 Å². The van der Waals surface area contributed by atoms with E-state index in [1.54, 1.807) is 0 Å². The normalized spacial score (nSPS) is 17.4. The van der Waals surface area contributed by atoms with Gasteiger partial charge < -0.3 is 10.2 Å². The molecule has 1 unspecified atom stereocenters. The smallest absolute Gasteiger partial charge is 0.220 e. The average Bonchev–Trinajstić information content (AvgIpc) is 2.91. The fourth-order valence-electron chi connectivity index (χ4n) is 2.77. The lowest BCUT2D eigenvalue weighted by atomic mass is 10.0. The molecule has 1 saturated heterocycles. The van der Waals surface area contributed by atoms with Crippen molar-refractivity contribution in [2.75, 3.05) is 19.6 Å². The summed E-state index contributed by atoms with van der Waals surface area (Å²) >= 11 is 0. The minimum absolute atomic E-state index is 0.112. The monoisotopic (exact) mass is 274 g/mol. The van der Waals surface area contributed by atoms with Crippen LogP contribution in [0.15, 0.2) is 30.3 Å². The van der Waals surface area contributed by atoms with E-state index in [0.717, 1.165) is 19.6 Å². The number of nitrogens with zero attached hydrogens (tertiary/aromatic N) is 1. The highest BCUT2D eigenvalue weighted by Gasteiger charge is 2.20. The van der Waals surface area contributed by atoms with Crippen LogP contribution in [0.1, 0.15) is 44.7 Å². The van der Waals surface area contributed by atoms with Gasteiger partial charge in [-0.1, -0.05) is 44.2 Å². The molecule has 0 aromatic heterocycles. The van der Waals surface area contributed by atoms with Crippen molar-refractivity contribution in [2.45, 2.75) is 39.2 Å². The number of rotatable bonds is 6. The second-order valence-corrected chi connectivity index (χ2v) is 6.14. The van der Waals surface area contributed by atoms with Crippen molar-refractivity contribution in [1.29, 1.82) is 0 Å². The third-order valence-corrected chi connectivity index (χ3v) is 3.77. The first-order valence-electron chi connectivity index (χ1n) is 7.72. The summed E-state index contributed by atoms with van der Waals surface area (Å²) < 4.78 is 0. The molecule has 1 aliphatic heterocycles. The first-order valence-corrected chi connectivity index (χ1v) is 7.72. The van der Waals surface area contributed by atoms with E-state index in [9.17, 15) is 4.79 Å². The molecule has 1 N–H and O–H groups in total. The van der Waals surface area contributed by atoms with Crippen LogP contribution < -0.4 is 5.32 Å². The zero-order valence-electron chi connectivity index (χ0n) is 12.6. The zero-order chi connectivity index (χ0) is 14.4. The van der Waals surface area contributed by atoms with E-state index < -0.39 is 0 Å². The highest BCUT2D eigenvalue weighted by atomic mass is 16.1. The maximum absolute atomic E-state index is 12.1. The maximum atomic E-state index is 12.1. The summed E-state index contributed by atoms with van der Waals surface area (Å²) in [6.45, 7) is 7.40. The average molecular weight is 274 g/mol. The fraction of sp³-hybridized carbons (Fsp3) is 0.588. The summed E-state index contributed by atoms with van der Waals surface area (Å²) in [5, 5.41) is 3.21. The van der Waals surface area contributed by atoms with E-state index in [1.807, 2.05) is 18.2 Å². The standard InChI is InChI=1S/C17H26N2O/c1-14(2)12-17(20)18-16(13-19-10-6-7-11-19)15-8-4-3-5-9-15/h3-5,8-9,14,16H,6-7,10-13H2,1-2H3,(H,18,20). The molecule has 1 heterocycles. The van der Waals surface area contributed by atoms with Gasteiger partial charge in [-0.2, -0.15) is 0 Å². The minimum atomic E-state index is 0.112. The SMILES string of the molecule is CC(C)CC(=O)NC(CN1CCCC1)c1ccccc1. The van der Waals surface area contributed by atoms with Gasteiger partial charge in [-0.25, -0.2) is 0 Å². The number of amides is 1. The third-order valence-electron chi connectivity index (χ3n) is 3.77. The predicted molar refractivity (Wildman–Crippen MR) is 82.5 cm³/mol. The molecule has 0 aliphatic carbocycles. The quantitative estimate of drug-likeness (QED) is 0.865. The van der Waals surface area contributed by atoms with Crippen LogP contribution in [0.5, 0.6) is 0 Å². The molecule has 3 nitrogen and oxygen atoms in total. The number of hydrogen-bond donors (Lipinski definition) is 1. The summed E-state index contributed by atoms with van der Waals surface area (Å²) in [6, 6.07) is 10.4. The van der Waals surface area contributed by atoms with Crippen molar-refractivity contribution < 1.29 is 4.79 Å². The first-order chi connectivity index (χ1) is 9.65. The van der Waals surface area contributed by atoms with E-state index in [-0.39, 0.29) is 11.9 Å². The highest BCUT2D eigenvalue weighted by molar-refractivity contribution is 5.76. The van der Waals surface area contributed by atoms with Crippen LogP contribution in [0.2, 0.25) is 0 Å². The molecule has 1 atom stereocenters. The summed E-state index contributed by atoms with van der Waals surface area (Å²) in [5.74, 6) is 0.561. The molecule has 1 amide bonds. The van der Waals surface area contributed by atoms with Crippen molar-refractivity contribution in [3.63, 3.8) is 0 Å². The highest BCUT2D eigenvalue weighted by Crippen LogP contribution is 2.18. The van der Waals surface area contributed by atoms with E-state index >= 15 is 0 Å². The van der Waals surface area contributed by atoms with E-state index in [0.29, 0.717) is 12.3 Å². The van der Waals surface area contributed by atoms with Crippen LogP contribution in [0.4, 0.5) is 0 Å². The van der Waals surface area contributed by atoms with Gasteiger partial charge in [-0.3, -0.25) is 4.79 Å². The molecular formula is C17H26N2O. The van der Waals surface area contributed by atoms with Gasteiger partial charge in [0.05, 0.1) is 6.04 Å². The van der Waals surface area contributed by atoms with Gasteiger partial charge in [0, 0.05) is 13.0 Å². The van der Waals surface area contributed by atoms with Gasteiger partial charge in [0.1, 0.15) is 0 Å². The zero-order valence-corrected chi connectivity index (χ0v) is 12.6. The summed E-state index contributed by atoms with van der Waals surface area (Å²) in [5.41, 5.74) is 1.21. The molecule has 20 heavy (non-hydrogen) atoms. The molecule has 1 aromatic carbocycles. The van der Waals surface area contributed by atoms with E-state index in [2.05, 4.69) is 36.2 Å². The van der Waals surface area contributed by atoms with Crippen LogP contribution in [0.3, 0.4) is 0 Å². The third kappa shape index (κ3) is 4.64. The summed E-state index contributed by atoms with van der Waals surface area (Å²) in [4.78, 5) is 14.5. The largest absolute Gasteiger partial charge is 0.348 e. The Labute approximate surface area is 122 Å². The van der Waals surface area contributed by atoms with Gasteiger partial charge in [0.25, 0.3) is 0 Å². The van der Waals surface area contributed by atoms with Crippen molar-refractivity contribution in [3.8, 4) is 0 Å². The Balaban J connectivity index is 2.01. The van der Waals surface area contributed by atoms with Crippen LogP contribution in [-0.4, -0.2) is 30.4 Å². The van der Waals surface area contributed by atoms with Gasteiger partial charge in [0.2, 0.25) is 5.91 Å². The molecule has 0 bridgehead atoms. The maximum Gasteiger partial charge on any atom is 0.220 e. The molecule has 2 rings (SSSR count). The minimum Gasteiger partial charge on any atom is -0.348 e. The van der Waals surface area contributed by atoms with Gasteiger partial charge in [-0.15, -0.1) is 0 Å². The summed E-state index contributed by atoms with van der Waals surface area (Å²) in [7, 11) is 0. The molecule has 0 spiro atoms. The number of nitrogens with one attached hydrogen (secondary N) is 1. The number of hydrogen-bond acceptors (Lipinski definition) is 2. The molecule has 0 saturated carbocycles. The van der Waals surface area contributed by atoms with Gasteiger partial charge in [0.15, 0.2) is 0 Å². The molecule has 3 heteroatoms. The van der Waals surface area contributed by atoms with Crippen LogP contribution in [0, 0.1) is 5.92 Å². The van der Waals surface area contributed by atoms with Crippen molar-refractivity contribution >= 4 is 5.91 Å². The molecule has 1 aromatic rings. The number of carbonyl (C=O) groups is 1. The van der Waals surface area contributed by atoms with Crippen LogP contribution >= 0.6 is 0 Å². The van der Waals surface area contributed by atoms with Crippen molar-refractivity contribution in [3.05, 3.63) is 35.9 Å². The molecule has 1 fully saturated rings. The molecule has 1 aliphatic rings. The number of carbonyl (C=O) groups excluding carboxylic acids is 1. The number of likely N-dealkylation sites (tertiary alicyclic amines) is 1. The Bertz CT molecular complexity index is 410. The van der Waals surface area contributed by atoms with E-state index in [1.165, 1.54) is 18.4 Å². The molecule has 0 radical (unpaired) electrons. The van der Waals surface area contributed by atoms with Crippen molar-refractivity contribution in [1.82, 2.24) is 10.2 Å². The van der Waals surface area contributed by atoms with Crippen LogP contribution in [-0.2, 0) is 4.79 Å². The first kappa shape index (κ1) is 15.0. The predicted octanol–water partition coefficient (Wildman–Crippen LogP) is 2.99. The van der Waals surface area contributed by atoms with Crippen LogP contribution in [0.25, 0.3) is 0 Å². The van der Waals surface area contributed by atoms with Crippen molar-refractivity contribution in [2.24, 2.45) is 5.92 Å². The Kier molecular flexibility index (Phi) is 5.60. The summed E-state index contributed by atoms with van der Waals surface area (Å²) in [6.07, 6.45) is 3.16. The molecular weight excluding hydrogens is 248 g/mol. The Morgan fingerprint density at radius 3 is 2.45 bits per heavy atom. The Morgan fingerprint density at radius 1 is 1.20 bits per heavy atom. The van der Waals surface area contributed by atoms with E-state index in [4.69, 9.17) is 0 Å². The number of benzene rings is 1. The second kappa shape index (κ2) is 7.44. The Hall–Kier alpha value is -1.35. The van der Waals surface area contributed by atoms with Gasteiger partial charge in [-0.05, 0) is 37.4 Å². The fourth-order valence-corrected chi connectivity index (χ4v) is 2.77.